The average molecular weight is 376 g/mol. The Kier molecular flexibility index (Phi) is 4.96. The number of benzene rings is 1. The Morgan fingerprint density at radius 1 is 1.44 bits per heavy atom. The number of ether oxygens (including phenoxy) is 1. The lowest BCUT2D eigenvalue weighted by atomic mass is 10.2. The van der Waals surface area contributed by atoms with E-state index in [-0.39, 0.29) is 12.2 Å². The van der Waals surface area contributed by atoms with Gasteiger partial charge in [-0.25, -0.2) is 9.78 Å². The van der Waals surface area contributed by atoms with Crippen LogP contribution in [-0.2, 0) is 4.74 Å². The van der Waals surface area contributed by atoms with Gasteiger partial charge in [-0.05, 0) is 25.5 Å². The number of hydrogen-bond acceptors (Lipinski definition) is 6. The second-order valence-corrected chi connectivity index (χ2v) is 6.52. The van der Waals surface area contributed by atoms with Crippen molar-refractivity contribution in [3.05, 3.63) is 62.0 Å². The molecule has 0 fully saturated rings. The molecule has 0 bridgehead atoms. The highest BCUT2D eigenvalue weighted by Crippen LogP contribution is 2.27. The number of aryl methyl sites for hydroxylation is 1. The summed E-state index contributed by atoms with van der Waals surface area (Å²) in [6.07, 6.45) is 2.81. The molecule has 0 aliphatic carbocycles. The summed E-state index contributed by atoms with van der Waals surface area (Å²) < 4.78 is 6.14. The van der Waals surface area contributed by atoms with Gasteiger partial charge >= 0.3 is 5.97 Å². The van der Waals surface area contributed by atoms with Crippen LogP contribution < -0.4 is 5.56 Å². The van der Waals surface area contributed by atoms with E-state index in [4.69, 9.17) is 16.3 Å². The first-order valence-corrected chi connectivity index (χ1v) is 8.69. The zero-order valence-corrected chi connectivity index (χ0v) is 15.1. The quantitative estimate of drug-likeness (QED) is 0.517. The number of nitrogens with zero attached hydrogens (tertiary/aromatic N) is 3. The summed E-state index contributed by atoms with van der Waals surface area (Å²) in [5.41, 5.74) is 0.890. The third-order valence-corrected chi connectivity index (χ3v) is 5.05. The molecule has 128 valence electrons. The lowest BCUT2D eigenvalue weighted by Gasteiger charge is -2.00. The number of hydrogen-bond donors (Lipinski definition) is 0. The lowest BCUT2D eigenvalue weighted by Crippen LogP contribution is -2.17. The van der Waals surface area contributed by atoms with Gasteiger partial charge in [0.25, 0.3) is 5.56 Å². The summed E-state index contributed by atoms with van der Waals surface area (Å²) in [6, 6.07) is 7.16. The fraction of sp³-hybridized carbons (Fsp3) is 0.176. The molecule has 8 heteroatoms. The number of fused-ring (bicyclic) bond motifs is 1. The van der Waals surface area contributed by atoms with Crippen LogP contribution in [0.3, 0.4) is 0 Å². The third kappa shape index (κ3) is 3.33. The normalized spacial score (nSPS) is 11.3. The molecule has 3 aromatic rings. The molecule has 6 nitrogen and oxygen atoms in total. The number of carbonyl (C=O) groups is 1. The Bertz CT molecular complexity index is 1040. The van der Waals surface area contributed by atoms with Crippen molar-refractivity contribution in [2.24, 2.45) is 5.10 Å². The van der Waals surface area contributed by atoms with Gasteiger partial charge in [0.1, 0.15) is 16.0 Å². The predicted molar refractivity (Wildman–Crippen MR) is 99.0 cm³/mol. The van der Waals surface area contributed by atoms with Crippen molar-refractivity contribution >= 4 is 45.3 Å². The average Bonchev–Trinajstić information content (AvgIpc) is 2.93. The van der Waals surface area contributed by atoms with Gasteiger partial charge in [0.15, 0.2) is 0 Å². The van der Waals surface area contributed by atoms with Gasteiger partial charge in [0.05, 0.1) is 18.2 Å². The standard InChI is InChI=1S/C17H14ClN3O3S/c1-3-24-17(23)14-10(2)13-15(25-14)19-9-21(16(13)22)20-8-11-6-4-5-7-12(11)18/h4-9H,3H2,1-2H3/b20-8-. The van der Waals surface area contributed by atoms with E-state index in [1.54, 1.807) is 26.0 Å². The highest BCUT2D eigenvalue weighted by molar-refractivity contribution is 7.20. The van der Waals surface area contributed by atoms with Crippen molar-refractivity contribution in [2.45, 2.75) is 13.8 Å². The van der Waals surface area contributed by atoms with E-state index in [2.05, 4.69) is 10.1 Å². The van der Waals surface area contributed by atoms with Crippen molar-refractivity contribution in [3.8, 4) is 0 Å². The van der Waals surface area contributed by atoms with E-state index in [0.717, 1.165) is 16.0 Å². The van der Waals surface area contributed by atoms with Crippen molar-refractivity contribution in [1.82, 2.24) is 9.66 Å². The van der Waals surface area contributed by atoms with E-state index in [1.165, 1.54) is 12.5 Å². The minimum absolute atomic E-state index is 0.270. The molecule has 0 spiro atoms. The summed E-state index contributed by atoms with van der Waals surface area (Å²) in [4.78, 5) is 29.8. The molecule has 1 aromatic carbocycles. The van der Waals surface area contributed by atoms with Gasteiger partial charge in [-0.3, -0.25) is 4.79 Å². The van der Waals surface area contributed by atoms with E-state index in [1.807, 2.05) is 12.1 Å². The minimum atomic E-state index is -0.450. The number of esters is 1. The first-order chi connectivity index (χ1) is 12.0. The fourth-order valence-corrected chi connectivity index (χ4v) is 3.51. The Hall–Kier alpha value is -2.51. The second kappa shape index (κ2) is 7.16. The minimum Gasteiger partial charge on any atom is -0.462 e. The van der Waals surface area contributed by atoms with Crippen LogP contribution in [0.25, 0.3) is 10.2 Å². The Morgan fingerprint density at radius 2 is 2.20 bits per heavy atom. The van der Waals surface area contributed by atoms with Gasteiger partial charge in [-0.2, -0.15) is 9.78 Å². The zero-order chi connectivity index (χ0) is 18.0. The molecule has 2 heterocycles. The van der Waals surface area contributed by atoms with Gasteiger partial charge < -0.3 is 4.74 Å². The molecule has 0 radical (unpaired) electrons. The van der Waals surface area contributed by atoms with Crippen molar-refractivity contribution in [2.75, 3.05) is 6.61 Å². The van der Waals surface area contributed by atoms with Gasteiger partial charge in [0.2, 0.25) is 0 Å². The molecule has 25 heavy (non-hydrogen) atoms. The number of aromatic nitrogens is 2. The van der Waals surface area contributed by atoms with Gasteiger partial charge in [-0.1, -0.05) is 29.8 Å². The van der Waals surface area contributed by atoms with Crippen LogP contribution in [0.15, 0.2) is 40.5 Å². The first-order valence-electron chi connectivity index (χ1n) is 7.49. The SMILES string of the molecule is CCOC(=O)c1sc2ncn(/N=C\c3ccccc3Cl)c(=O)c2c1C. The van der Waals surface area contributed by atoms with E-state index in [0.29, 0.717) is 31.2 Å². The highest BCUT2D eigenvalue weighted by atomic mass is 35.5. The van der Waals surface area contributed by atoms with Crippen LogP contribution in [-0.4, -0.2) is 28.5 Å². The molecule has 0 N–H and O–H groups in total. The Labute approximate surface area is 152 Å². The maximum Gasteiger partial charge on any atom is 0.348 e. The molecule has 0 saturated heterocycles. The van der Waals surface area contributed by atoms with Gasteiger partial charge in [-0.15, -0.1) is 11.3 Å². The number of carbonyl (C=O) groups excluding carboxylic acids is 1. The summed E-state index contributed by atoms with van der Waals surface area (Å²) in [7, 11) is 0. The topological polar surface area (TPSA) is 73.5 Å². The maximum atomic E-state index is 12.7. The molecule has 0 unspecified atom stereocenters. The van der Waals surface area contributed by atoms with E-state index >= 15 is 0 Å². The Morgan fingerprint density at radius 3 is 2.92 bits per heavy atom. The zero-order valence-electron chi connectivity index (χ0n) is 13.5. The molecular formula is C17H14ClN3O3S. The monoisotopic (exact) mass is 375 g/mol. The van der Waals surface area contributed by atoms with Crippen LogP contribution in [0.2, 0.25) is 5.02 Å². The van der Waals surface area contributed by atoms with Crippen LogP contribution in [0.5, 0.6) is 0 Å². The Balaban J connectivity index is 2.06. The number of halogens is 1. The third-order valence-electron chi connectivity index (χ3n) is 3.52. The molecule has 0 saturated carbocycles. The van der Waals surface area contributed by atoms with Crippen molar-refractivity contribution in [1.29, 1.82) is 0 Å². The smallest absolute Gasteiger partial charge is 0.348 e. The molecule has 0 amide bonds. The van der Waals surface area contributed by atoms with Crippen LogP contribution >= 0.6 is 22.9 Å². The second-order valence-electron chi connectivity index (χ2n) is 5.12. The first kappa shape index (κ1) is 17.3. The van der Waals surface area contributed by atoms with Crippen molar-refractivity contribution in [3.63, 3.8) is 0 Å². The lowest BCUT2D eigenvalue weighted by molar-refractivity contribution is 0.0531. The highest BCUT2D eigenvalue weighted by Gasteiger charge is 2.20. The molecular weight excluding hydrogens is 362 g/mol. The summed E-state index contributed by atoms with van der Waals surface area (Å²) in [5, 5.41) is 5.04. The fourth-order valence-electron chi connectivity index (χ4n) is 2.29. The summed E-state index contributed by atoms with van der Waals surface area (Å²) >= 11 is 7.21. The molecule has 0 atom stereocenters. The van der Waals surface area contributed by atoms with Crippen LogP contribution in [0.1, 0.15) is 27.7 Å². The number of rotatable bonds is 4. The van der Waals surface area contributed by atoms with Crippen LogP contribution in [0.4, 0.5) is 0 Å². The van der Waals surface area contributed by atoms with Crippen LogP contribution in [0, 0.1) is 6.92 Å². The molecule has 3 rings (SSSR count). The largest absolute Gasteiger partial charge is 0.462 e. The maximum absolute atomic E-state index is 12.7. The summed E-state index contributed by atoms with van der Waals surface area (Å²) in [5.74, 6) is -0.450. The van der Waals surface area contributed by atoms with E-state index in [9.17, 15) is 9.59 Å². The van der Waals surface area contributed by atoms with Gasteiger partial charge in [0, 0.05) is 10.6 Å². The molecule has 2 aromatic heterocycles. The van der Waals surface area contributed by atoms with Crippen molar-refractivity contribution < 1.29 is 9.53 Å². The predicted octanol–water partition coefficient (Wildman–Crippen LogP) is 3.48. The molecule has 0 aliphatic heterocycles. The summed E-state index contributed by atoms with van der Waals surface area (Å²) in [6.45, 7) is 3.71. The number of thiophene rings is 1. The van der Waals surface area contributed by atoms with E-state index < -0.39 is 5.97 Å². The molecule has 0 aliphatic rings.